The lowest BCUT2D eigenvalue weighted by molar-refractivity contribution is -0.173. The fraction of sp³-hybridized carbons (Fsp3) is 0.846. The minimum absolute atomic E-state index is 0.100. The molecular weight excluding hydrogens is 262 g/mol. The number of hydrogen-bond acceptors (Lipinski definition) is 5. The molecule has 0 radical (unpaired) electrons. The third-order valence-electron chi connectivity index (χ3n) is 3.74. The highest BCUT2D eigenvalue weighted by Crippen LogP contribution is 2.24. The van der Waals surface area contributed by atoms with E-state index in [2.05, 4.69) is 10.2 Å². The number of nitrogens with zero attached hydrogens (tertiary/aromatic N) is 2. The van der Waals surface area contributed by atoms with Crippen molar-refractivity contribution in [2.45, 2.75) is 18.9 Å². The van der Waals surface area contributed by atoms with Crippen LogP contribution in [0, 0.1) is 0 Å². The van der Waals surface area contributed by atoms with E-state index in [-0.39, 0.29) is 12.5 Å². The van der Waals surface area contributed by atoms with Crippen LogP contribution in [0.15, 0.2) is 0 Å². The van der Waals surface area contributed by atoms with E-state index in [1.165, 1.54) is 0 Å². The Balaban J connectivity index is 1.71. The molecular formula is C13H23N3O4. The monoisotopic (exact) mass is 285 g/mol. The lowest BCUT2D eigenvalue weighted by atomic mass is 9.96. The third kappa shape index (κ3) is 4.16. The first-order valence-electron chi connectivity index (χ1n) is 7.05. The molecule has 0 bridgehead atoms. The second-order valence-electron chi connectivity index (χ2n) is 5.76. The van der Waals surface area contributed by atoms with E-state index >= 15 is 0 Å². The number of ether oxygens (including phenoxy) is 1. The highest BCUT2D eigenvalue weighted by molar-refractivity contribution is 5.79. The van der Waals surface area contributed by atoms with Crippen molar-refractivity contribution >= 4 is 11.9 Å². The molecule has 0 atom stereocenters. The molecule has 2 fully saturated rings. The van der Waals surface area contributed by atoms with Crippen molar-refractivity contribution in [1.29, 1.82) is 0 Å². The van der Waals surface area contributed by atoms with Crippen molar-refractivity contribution in [2.24, 2.45) is 0 Å². The van der Waals surface area contributed by atoms with Gasteiger partial charge in [-0.15, -0.1) is 0 Å². The minimum atomic E-state index is -0.979. The normalized spacial score (nSPS) is 22.9. The fourth-order valence-corrected chi connectivity index (χ4v) is 2.62. The molecule has 7 heteroatoms. The third-order valence-corrected chi connectivity index (χ3v) is 3.74. The number of likely N-dealkylation sites (tertiary alicyclic amines) is 1. The van der Waals surface area contributed by atoms with Crippen molar-refractivity contribution < 1.29 is 19.4 Å². The molecule has 2 rings (SSSR count). The van der Waals surface area contributed by atoms with E-state index in [1.807, 2.05) is 6.92 Å². The Hall–Kier alpha value is -1.18. The largest absolute Gasteiger partial charge is 0.480 e. The zero-order valence-electron chi connectivity index (χ0n) is 11.9. The van der Waals surface area contributed by atoms with Crippen LogP contribution < -0.4 is 5.32 Å². The first kappa shape index (κ1) is 15.2. The maximum Gasteiger partial charge on any atom is 0.329 e. The summed E-state index contributed by atoms with van der Waals surface area (Å²) in [6.45, 7) is 6.70. The van der Waals surface area contributed by atoms with Crippen LogP contribution in [-0.4, -0.2) is 84.8 Å². The Morgan fingerprint density at radius 3 is 2.75 bits per heavy atom. The van der Waals surface area contributed by atoms with Crippen LogP contribution in [0.5, 0.6) is 0 Å². The van der Waals surface area contributed by atoms with Crippen molar-refractivity contribution in [3.05, 3.63) is 0 Å². The van der Waals surface area contributed by atoms with E-state index in [0.29, 0.717) is 19.6 Å². The predicted molar refractivity (Wildman–Crippen MR) is 72.5 cm³/mol. The zero-order valence-corrected chi connectivity index (χ0v) is 11.9. The number of carbonyl (C=O) groups is 2. The van der Waals surface area contributed by atoms with Gasteiger partial charge in [-0.05, 0) is 26.4 Å². The molecule has 1 amide bonds. The summed E-state index contributed by atoms with van der Waals surface area (Å²) in [5, 5.41) is 11.9. The minimum Gasteiger partial charge on any atom is -0.480 e. The van der Waals surface area contributed by atoms with Gasteiger partial charge in [-0.2, -0.15) is 0 Å². The van der Waals surface area contributed by atoms with E-state index in [9.17, 15) is 9.59 Å². The summed E-state index contributed by atoms with van der Waals surface area (Å²) < 4.78 is 5.30. The summed E-state index contributed by atoms with van der Waals surface area (Å²) in [7, 11) is 0. The quantitative estimate of drug-likeness (QED) is 0.673. The standard InChI is InChI=1S/C13H23N3O4/c1-13(20-8-12(18)19)9-16(10-13)11(17)7-15-5-2-3-14-4-6-15/h14H,2-10H2,1H3,(H,18,19). The SMILES string of the molecule is CC1(OCC(=O)O)CN(C(=O)CN2CCCNCC2)C1. The van der Waals surface area contributed by atoms with Gasteiger partial charge in [0.1, 0.15) is 12.2 Å². The lowest BCUT2D eigenvalue weighted by Crippen LogP contribution is -2.64. The summed E-state index contributed by atoms with van der Waals surface area (Å²) in [5.41, 5.74) is -0.506. The Morgan fingerprint density at radius 2 is 2.05 bits per heavy atom. The summed E-state index contributed by atoms with van der Waals surface area (Å²) in [4.78, 5) is 26.5. The summed E-state index contributed by atoms with van der Waals surface area (Å²) in [5.74, 6) is -0.878. The first-order chi connectivity index (χ1) is 9.48. The molecule has 20 heavy (non-hydrogen) atoms. The van der Waals surface area contributed by atoms with Gasteiger partial charge >= 0.3 is 5.97 Å². The fourth-order valence-electron chi connectivity index (χ4n) is 2.62. The molecule has 2 heterocycles. The maximum absolute atomic E-state index is 12.1. The smallest absolute Gasteiger partial charge is 0.329 e. The number of carboxylic acids is 1. The van der Waals surface area contributed by atoms with Gasteiger partial charge in [0.15, 0.2) is 0 Å². The van der Waals surface area contributed by atoms with Crippen LogP contribution in [0.3, 0.4) is 0 Å². The number of rotatable bonds is 5. The molecule has 2 N–H and O–H groups in total. The molecule has 0 aliphatic carbocycles. The molecule has 0 unspecified atom stereocenters. The molecule has 0 aromatic heterocycles. The average Bonchev–Trinajstić information content (AvgIpc) is 2.61. The highest BCUT2D eigenvalue weighted by atomic mass is 16.5. The van der Waals surface area contributed by atoms with E-state index < -0.39 is 11.6 Å². The summed E-state index contributed by atoms with van der Waals surface area (Å²) in [6.07, 6.45) is 1.06. The molecule has 0 saturated carbocycles. The van der Waals surface area contributed by atoms with Crippen LogP contribution in [0.2, 0.25) is 0 Å². The van der Waals surface area contributed by atoms with E-state index in [0.717, 1.165) is 32.6 Å². The van der Waals surface area contributed by atoms with Crippen molar-refractivity contribution in [3.8, 4) is 0 Å². The van der Waals surface area contributed by atoms with Gasteiger partial charge in [0, 0.05) is 13.1 Å². The van der Waals surface area contributed by atoms with Crippen LogP contribution in [0.1, 0.15) is 13.3 Å². The Labute approximate surface area is 118 Å². The number of nitrogens with one attached hydrogen (secondary N) is 1. The Kier molecular flexibility index (Phi) is 4.95. The zero-order chi connectivity index (χ0) is 14.6. The molecule has 0 spiro atoms. The average molecular weight is 285 g/mol. The molecule has 0 aromatic carbocycles. The topological polar surface area (TPSA) is 82.1 Å². The molecule has 7 nitrogen and oxygen atoms in total. The lowest BCUT2D eigenvalue weighted by Gasteiger charge is -2.47. The van der Waals surface area contributed by atoms with Crippen LogP contribution in [0.4, 0.5) is 0 Å². The molecule has 0 aromatic rings. The number of carboxylic acid groups (broad SMARTS) is 1. The van der Waals surface area contributed by atoms with E-state index in [1.54, 1.807) is 4.90 Å². The summed E-state index contributed by atoms with van der Waals surface area (Å²) >= 11 is 0. The second kappa shape index (κ2) is 6.51. The highest BCUT2D eigenvalue weighted by Gasteiger charge is 2.42. The first-order valence-corrected chi connectivity index (χ1v) is 7.05. The van der Waals surface area contributed by atoms with Crippen molar-refractivity contribution in [2.75, 3.05) is 52.4 Å². The van der Waals surface area contributed by atoms with Gasteiger partial charge in [0.05, 0.1) is 19.6 Å². The number of hydrogen-bond donors (Lipinski definition) is 2. The molecule has 114 valence electrons. The van der Waals surface area contributed by atoms with Gasteiger partial charge in [0.25, 0.3) is 0 Å². The van der Waals surface area contributed by atoms with Gasteiger partial charge in [-0.25, -0.2) is 4.79 Å². The Morgan fingerprint density at radius 1 is 1.30 bits per heavy atom. The molecule has 2 saturated heterocycles. The van der Waals surface area contributed by atoms with Crippen LogP contribution >= 0.6 is 0 Å². The number of aliphatic carboxylic acids is 1. The van der Waals surface area contributed by atoms with Gasteiger partial charge in [-0.3, -0.25) is 9.69 Å². The molecule has 2 aliphatic rings. The number of carbonyl (C=O) groups excluding carboxylic acids is 1. The number of amides is 1. The molecule has 2 aliphatic heterocycles. The Bertz CT molecular complexity index is 361. The van der Waals surface area contributed by atoms with Crippen LogP contribution in [-0.2, 0) is 14.3 Å². The van der Waals surface area contributed by atoms with Gasteiger partial charge < -0.3 is 20.1 Å². The van der Waals surface area contributed by atoms with Crippen LogP contribution in [0.25, 0.3) is 0 Å². The van der Waals surface area contributed by atoms with E-state index in [4.69, 9.17) is 9.84 Å². The van der Waals surface area contributed by atoms with Crippen molar-refractivity contribution in [3.63, 3.8) is 0 Å². The maximum atomic E-state index is 12.1. The van der Waals surface area contributed by atoms with Gasteiger partial charge in [0.2, 0.25) is 5.91 Å². The predicted octanol–water partition coefficient (Wildman–Crippen LogP) is -1.02. The van der Waals surface area contributed by atoms with Crippen molar-refractivity contribution in [1.82, 2.24) is 15.1 Å². The summed E-state index contributed by atoms with van der Waals surface area (Å²) in [6, 6.07) is 0. The van der Waals surface area contributed by atoms with Gasteiger partial charge in [-0.1, -0.05) is 0 Å². The second-order valence-corrected chi connectivity index (χ2v) is 5.76.